The summed E-state index contributed by atoms with van der Waals surface area (Å²) in [5.41, 5.74) is 0.600. The number of carboxylic acids is 1. The van der Waals surface area contributed by atoms with Crippen LogP contribution in [-0.4, -0.2) is 27.5 Å². The van der Waals surface area contributed by atoms with Crippen LogP contribution in [-0.2, 0) is 4.79 Å². The molecule has 2 N–H and O–H groups in total. The van der Waals surface area contributed by atoms with Gasteiger partial charge in [-0.1, -0.05) is 6.92 Å². The number of carboxylic acid groups (broad SMARTS) is 1. The van der Waals surface area contributed by atoms with Crippen LogP contribution < -0.4 is 5.32 Å². The number of carbonyl (C=O) groups is 1. The summed E-state index contributed by atoms with van der Waals surface area (Å²) < 4.78 is 0. The first-order chi connectivity index (χ1) is 8.40. The number of aliphatic carboxylic acids is 1. The first-order valence-electron chi connectivity index (χ1n) is 5.47. The van der Waals surface area contributed by atoms with E-state index in [2.05, 4.69) is 10.3 Å². The number of hydrogen-bond acceptors (Lipinski definition) is 5. The topological polar surface area (TPSA) is 105 Å². The molecular weight excluding hydrogens is 238 g/mol. The van der Waals surface area contributed by atoms with Gasteiger partial charge in [-0.05, 0) is 18.4 Å². The predicted molar refractivity (Wildman–Crippen MR) is 65.5 cm³/mol. The molecule has 18 heavy (non-hydrogen) atoms. The van der Waals surface area contributed by atoms with Gasteiger partial charge in [0.2, 0.25) is 5.82 Å². The Bertz CT molecular complexity index is 462. The Morgan fingerprint density at radius 2 is 2.33 bits per heavy atom. The minimum atomic E-state index is -0.893. The summed E-state index contributed by atoms with van der Waals surface area (Å²) in [4.78, 5) is 24.8. The van der Waals surface area contributed by atoms with Crippen molar-refractivity contribution in [1.82, 2.24) is 4.98 Å². The Morgan fingerprint density at radius 3 is 2.89 bits per heavy atom. The van der Waals surface area contributed by atoms with Gasteiger partial charge in [0.15, 0.2) is 0 Å². The highest BCUT2D eigenvalue weighted by Gasteiger charge is 2.16. The second-order valence-corrected chi connectivity index (χ2v) is 4.22. The summed E-state index contributed by atoms with van der Waals surface area (Å²) >= 11 is 0. The van der Waals surface area contributed by atoms with E-state index in [1.54, 1.807) is 13.8 Å². The molecule has 7 nitrogen and oxygen atoms in total. The van der Waals surface area contributed by atoms with Crippen LogP contribution in [0.5, 0.6) is 0 Å². The Labute approximate surface area is 104 Å². The maximum Gasteiger partial charge on any atom is 0.311 e. The van der Waals surface area contributed by atoms with Crippen molar-refractivity contribution in [3.05, 3.63) is 27.9 Å². The minimum absolute atomic E-state index is 0.00661. The van der Waals surface area contributed by atoms with Gasteiger partial charge in [-0.3, -0.25) is 14.9 Å². The van der Waals surface area contributed by atoms with Crippen LogP contribution in [0, 0.1) is 23.0 Å². The fraction of sp³-hybridized carbons (Fsp3) is 0.455. The number of nitrogens with zero attached hydrogens (tertiary/aromatic N) is 2. The lowest BCUT2D eigenvalue weighted by molar-refractivity contribution is -0.384. The molecule has 1 heterocycles. The molecule has 1 atom stereocenters. The third kappa shape index (κ3) is 4.00. The van der Waals surface area contributed by atoms with E-state index < -0.39 is 10.9 Å². The quantitative estimate of drug-likeness (QED) is 0.591. The van der Waals surface area contributed by atoms with E-state index in [4.69, 9.17) is 5.11 Å². The van der Waals surface area contributed by atoms with Gasteiger partial charge in [-0.2, -0.15) is 0 Å². The van der Waals surface area contributed by atoms with Gasteiger partial charge in [-0.15, -0.1) is 0 Å². The molecule has 0 aliphatic heterocycles. The molecule has 0 fully saturated rings. The largest absolute Gasteiger partial charge is 0.481 e. The lowest BCUT2D eigenvalue weighted by Gasteiger charge is -2.11. The van der Waals surface area contributed by atoms with Gasteiger partial charge in [0.25, 0.3) is 0 Å². The molecule has 1 unspecified atom stereocenters. The van der Waals surface area contributed by atoms with Gasteiger partial charge in [-0.25, -0.2) is 4.98 Å². The fourth-order valence-corrected chi connectivity index (χ4v) is 1.47. The standard InChI is InChI=1S/C11H15N3O4/c1-7-3-9(14(17)18)11(12-5-7)13-6-8(2)4-10(15)16/h3,5,8H,4,6H2,1-2H3,(H,12,13)(H,15,16). The first kappa shape index (κ1) is 13.9. The molecule has 0 aliphatic carbocycles. The molecule has 1 aromatic rings. The van der Waals surface area contributed by atoms with Crippen molar-refractivity contribution >= 4 is 17.5 Å². The third-order valence-electron chi connectivity index (χ3n) is 2.34. The van der Waals surface area contributed by atoms with E-state index in [9.17, 15) is 14.9 Å². The van der Waals surface area contributed by atoms with Crippen LogP contribution in [0.4, 0.5) is 11.5 Å². The third-order valence-corrected chi connectivity index (χ3v) is 2.34. The molecule has 1 rings (SSSR count). The summed E-state index contributed by atoms with van der Waals surface area (Å²) in [5, 5.41) is 22.2. The van der Waals surface area contributed by atoms with Gasteiger partial charge >= 0.3 is 11.7 Å². The van der Waals surface area contributed by atoms with Gasteiger partial charge in [0.1, 0.15) is 0 Å². The maximum absolute atomic E-state index is 10.8. The van der Waals surface area contributed by atoms with E-state index in [0.29, 0.717) is 12.1 Å². The average Bonchev–Trinajstić information content (AvgIpc) is 2.26. The zero-order chi connectivity index (χ0) is 13.7. The molecule has 7 heteroatoms. The van der Waals surface area contributed by atoms with Gasteiger partial charge in [0, 0.05) is 25.2 Å². The van der Waals surface area contributed by atoms with Crippen LogP contribution in [0.2, 0.25) is 0 Å². The monoisotopic (exact) mass is 253 g/mol. The van der Waals surface area contributed by atoms with Gasteiger partial charge in [0.05, 0.1) is 4.92 Å². The van der Waals surface area contributed by atoms with Crippen LogP contribution in [0.1, 0.15) is 18.9 Å². The Hall–Kier alpha value is -2.18. The average molecular weight is 253 g/mol. The molecule has 0 aromatic carbocycles. The highest BCUT2D eigenvalue weighted by atomic mass is 16.6. The van der Waals surface area contributed by atoms with Crippen molar-refractivity contribution in [3.63, 3.8) is 0 Å². The van der Waals surface area contributed by atoms with E-state index in [1.807, 2.05) is 0 Å². The van der Waals surface area contributed by atoms with E-state index >= 15 is 0 Å². The van der Waals surface area contributed by atoms with Crippen LogP contribution >= 0.6 is 0 Å². The van der Waals surface area contributed by atoms with Gasteiger partial charge < -0.3 is 10.4 Å². The number of hydrogen-bond donors (Lipinski definition) is 2. The van der Waals surface area contributed by atoms with Crippen molar-refractivity contribution in [2.24, 2.45) is 5.92 Å². The van der Waals surface area contributed by atoms with E-state index in [1.165, 1.54) is 12.3 Å². The molecule has 0 radical (unpaired) electrons. The second kappa shape index (κ2) is 5.95. The first-order valence-corrected chi connectivity index (χ1v) is 5.47. The predicted octanol–water partition coefficient (Wildman–Crippen LogP) is 1.82. The van der Waals surface area contributed by atoms with Crippen LogP contribution in [0.15, 0.2) is 12.3 Å². The molecule has 0 aliphatic rings. The van der Waals surface area contributed by atoms with Crippen molar-refractivity contribution < 1.29 is 14.8 Å². The highest BCUT2D eigenvalue weighted by molar-refractivity contribution is 5.67. The van der Waals surface area contributed by atoms with Crippen molar-refractivity contribution in [1.29, 1.82) is 0 Å². The summed E-state index contributed by atoms with van der Waals surface area (Å²) in [7, 11) is 0. The number of rotatable bonds is 6. The molecule has 0 saturated carbocycles. The molecule has 0 spiro atoms. The minimum Gasteiger partial charge on any atom is -0.481 e. The van der Waals surface area contributed by atoms with Crippen LogP contribution in [0.3, 0.4) is 0 Å². The number of aromatic nitrogens is 1. The molecule has 0 saturated heterocycles. The number of nitrogens with one attached hydrogen (secondary N) is 1. The molecule has 98 valence electrons. The Balaban J connectivity index is 2.72. The van der Waals surface area contributed by atoms with Crippen molar-refractivity contribution in [2.75, 3.05) is 11.9 Å². The summed E-state index contributed by atoms with van der Waals surface area (Å²) in [6.07, 6.45) is 1.53. The summed E-state index contributed by atoms with van der Waals surface area (Å²) in [6, 6.07) is 1.43. The zero-order valence-electron chi connectivity index (χ0n) is 10.2. The lowest BCUT2D eigenvalue weighted by atomic mass is 10.1. The number of nitro groups is 1. The lowest BCUT2D eigenvalue weighted by Crippen LogP contribution is -2.16. The summed E-state index contributed by atoms with van der Waals surface area (Å²) in [5.74, 6) is -0.858. The number of anilines is 1. The SMILES string of the molecule is Cc1cnc(NCC(C)CC(=O)O)c([N+](=O)[O-])c1. The van der Waals surface area contributed by atoms with Crippen molar-refractivity contribution in [3.8, 4) is 0 Å². The number of pyridine rings is 1. The maximum atomic E-state index is 10.8. The zero-order valence-corrected chi connectivity index (χ0v) is 10.2. The molecular formula is C11H15N3O4. The molecule has 0 bridgehead atoms. The van der Waals surface area contributed by atoms with Crippen LogP contribution in [0.25, 0.3) is 0 Å². The smallest absolute Gasteiger partial charge is 0.311 e. The summed E-state index contributed by atoms with van der Waals surface area (Å²) in [6.45, 7) is 3.79. The van der Waals surface area contributed by atoms with Crippen molar-refractivity contribution in [2.45, 2.75) is 20.3 Å². The van der Waals surface area contributed by atoms with E-state index in [-0.39, 0.29) is 23.8 Å². The number of aryl methyl sites for hydroxylation is 1. The Morgan fingerprint density at radius 1 is 1.67 bits per heavy atom. The van der Waals surface area contributed by atoms with E-state index in [0.717, 1.165) is 0 Å². The fourth-order valence-electron chi connectivity index (χ4n) is 1.47. The second-order valence-electron chi connectivity index (χ2n) is 4.22. The Kier molecular flexibility index (Phi) is 4.59. The molecule has 0 amide bonds. The normalized spacial score (nSPS) is 11.9. The molecule has 1 aromatic heterocycles. The highest BCUT2D eigenvalue weighted by Crippen LogP contribution is 2.22.